The Balaban J connectivity index is 2.01. The van der Waals surface area contributed by atoms with Gasteiger partial charge in [-0.1, -0.05) is 0 Å². The number of benzene rings is 3. The first-order chi connectivity index (χ1) is 12.1. The van der Waals surface area contributed by atoms with Gasteiger partial charge >= 0.3 is 162 Å². The molecule has 3 aromatic carbocycles. The molecule has 0 saturated carbocycles. The third-order valence-electron chi connectivity index (χ3n) is 3.57. The molecule has 25 heavy (non-hydrogen) atoms. The Morgan fingerprint density at radius 3 is 1.12 bits per heavy atom. The summed E-state index contributed by atoms with van der Waals surface area (Å²) in [6, 6.07) is 29.0. The minimum absolute atomic E-state index is 0.588. The van der Waals surface area contributed by atoms with Gasteiger partial charge < -0.3 is 0 Å². The van der Waals surface area contributed by atoms with Gasteiger partial charge in [-0.3, -0.25) is 0 Å². The summed E-state index contributed by atoms with van der Waals surface area (Å²) in [5.41, 5.74) is 0. The summed E-state index contributed by atoms with van der Waals surface area (Å²) in [5, 5.41) is 0. The summed E-state index contributed by atoms with van der Waals surface area (Å²) >= 11 is 2.25. The molecule has 0 aliphatic heterocycles. The summed E-state index contributed by atoms with van der Waals surface area (Å²) in [6.45, 7) is 2.03. The number of rotatable bonds is 7. The zero-order valence-electron chi connectivity index (χ0n) is 13.9. The fraction of sp³-hybridized carbons (Fsp3) is 0.100. The van der Waals surface area contributed by atoms with E-state index in [1.54, 1.807) is 0 Å². The number of hydrogen-bond acceptors (Lipinski definition) is 3. The van der Waals surface area contributed by atoms with Crippen LogP contribution in [-0.4, -0.2) is 6.16 Å². The summed E-state index contributed by atoms with van der Waals surface area (Å²) < 4.78 is 19.3. The van der Waals surface area contributed by atoms with E-state index in [1.165, 1.54) is 0 Å². The van der Waals surface area contributed by atoms with Gasteiger partial charge in [0.2, 0.25) is 0 Å². The van der Waals surface area contributed by atoms with E-state index >= 15 is 0 Å². The molecule has 0 radical (unpaired) electrons. The molecule has 3 nitrogen and oxygen atoms in total. The van der Waals surface area contributed by atoms with Crippen molar-refractivity contribution in [2.45, 2.75) is 6.92 Å². The van der Waals surface area contributed by atoms with E-state index in [0.29, 0.717) is 6.16 Å². The van der Waals surface area contributed by atoms with Gasteiger partial charge in [0.05, 0.1) is 0 Å². The van der Waals surface area contributed by atoms with Crippen molar-refractivity contribution in [3.05, 3.63) is 91.0 Å². The maximum absolute atomic E-state index is 6.42. The molecule has 0 spiro atoms. The van der Waals surface area contributed by atoms with Crippen LogP contribution in [0.25, 0.3) is 0 Å². The second-order valence-electron chi connectivity index (χ2n) is 5.47. The molecule has 5 heteroatoms. The minimum atomic E-state index is -3.52. The molecule has 0 heterocycles. The van der Waals surface area contributed by atoms with E-state index in [2.05, 4.69) is 22.0 Å². The van der Waals surface area contributed by atoms with E-state index in [4.69, 9.17) is 13.6 Å². The number of hydrogen-bond donors (Lipinski definition) is 0. The van der Waals surface area contributed by atoms with E-state index < -0.39 is 4.93 Å². The van der Waals surface area contributed by atoms with Gasteiger partial charge in [0.1, 0.15) is 0 Å². The zero-order valence-corrected chi connectivity index (χ0v) is 17.0. The van der Waals surface area contributed by atoms with E-state index in [-0.39, 0.29) is 0 Å². The van der Waals surface area contributed by atoms with Crippen LogP contribution < -0.4 is 13.6 Å². The molecule has 3 aromatic rings. The molecular weight excluding hydrogens is 446 g/mol. The third kappa shape index (κ3) is 4.65. The number of para-hydroxylation sites is 3. The zero-order chi connectivity index (χ0) is 17.6. The van der Waals surface area contributed by atoms with Gasteiger partial charge in [-0.2, -0.15) is 0 Å². The van der Waals surface area contributed by atoms with Crippen molar-refractivity contribution in [1.29, 1.82) is 0 Å². The van der Waals surface area contributed by atoms with Crippen molar-refractivity contribution in [2.75, 3.05) is 6.16 Å². The average Bonchev–Trinajstić information content (AvgIpc) is 2.64. The van der Waals surface area contributed by atoms with Crippen molar-refractivity contribution in [3.63, 3.8) is 0 Å². The van der Waals surface area contributed by atoms with E-state index in [9.17, 15) is 0 Å². The van der Waals surface area contributed by atoms with Gasteiger partial charge in [0.15, 0.2) is 0 Å². The van der Waals surface area contributed by atoms with Crippen LogP contribution in [0.5, 0.6) is 17.2 Å². The number of halogens is 1. The molecule has 0 fully saturated rings. The van der Waals surface area contributed by atoms with Gasteiger partial charge in [0.25, 0.3) is 0 Å². The Bertz CT molecular complexity index is 693. The first kappa shape index (κ1) is 18.0. The fourth-order valence-electron chi connectivity index (χ4n) is 2.29. The van der Waals surface area contributed by atoms with Crippen LogP contribution in [0.15, 0.2) is 91.0 Å². The normalized spacial score (nSPS) is 12.6. The summed E-state index contributed by atoms with van der Waals surface area (Å²) in [6.07, 6.45) is 0.588. The quantitative estimate of drug-likeness (QED) is 0.280. The average molecular weight is 466 g/mol. The first-order valence-electron chi connectivity index (χ1n) is 8.08. The molecule has 0 unspecified atom stereocenters. The second kappa shape index (κ2) is 7.63. The fourth-order valence-corrected chi connectivity index (χ4v) is 6.41. The molecule has 0 aliphatic carbocycles. The van der Waals surface area contributed by atoms with Crippen LogP contribution in [0.2, 0.25) is 0 Å². The Labute approximate surface area is 161 Å². The van der Waals surface area contributed by atoms with Gasteiger partial charge in [0, 0.05) is 0 Å². The molecule has 3 rings (SSSR count). The molecule has 0 bridgehead atoms. The summed E-state index contributed by atoms with van der Waals surface area (Å²) in [7, 11) is 0. The van der Waals surface area contributed by atoms with Gasteiger partial charge in [-0.15, -0.1) is 0 Å². The predicted molar refractivity (Wildman–Crippen MR) is 113 cm³/mol. The van der Waals surface area contributed by atoms with Crippen molar-refractivity contribution in [3.8, 4) is 17.2 Å². The summed E-state index contributed by atoms with van der Waals surface area (Å²) in [5.74, 6) is 2.18. The van der Waals surface area contributed by atoms with Crippen LogP contribution in [0.1, 0.15) is 6.92 Å². The van der Waals surface area contributed by atoms with E-state index in [1.807, 2.05) is 97.9 Å². The first-order valence-corrected chi connectivity index (χ1v) is 13.0. The Morgan fingerprint density at radius 2 is 0.880 bits per heavy atom. The predicted octanol–water partition coefficient (Wildman–Crippen LogP) is 6.89. The molecule has 0 atom stereocenters. The SMILES string of the molecule is CCP(I)(Oc1ccccc1)(Oc1ccccc1)Oc1ccccc1. The van der Waals surface area contributed by atoms with Crippen molar-refractivity contribution < 1.29 is 13.6 Å². The van der Waals surface area contributed by atoms with E-state index in [0.717, 1.165) is 17.2 Å². The topological polar surface area (TPSA) is 27.7 Å². The van der Waals surface area contributed by atoms with Crippen LogP contribution in [0, 0.1) is 0 Å². The third-order valence-corrected chi connectivity index (χ3v) is 10.1. The Hall–Kier alpha value is -1.78. The van der Waals surface area contributed by atoms with Crippen LogP contribution in [-0.2, 0) is 0 Å². The second-order valence-corrected chi connectivity index (χ2v) is 14.1. The molecule has 130 valence electrons. The molecule has 0 amide bonds. The molecule has 0 aliphatic rings. The molecular formula is C20H20IO3P. The van der Waals surface area contributed by atoms with Gasteiger partial charge in [-0.25, -0.2) is 0 Å². The van der Waals surface area contributed by atoms with Crippen molar-refractivity contribution in [2.24, 2.45) is 0 Å². The van der Waals surface area contributed by atoms with Crippen molar-refractivity contribution >= 4 is 27.0 Å². The maximum atomic E-state index is 6.42. The molecule has 0 aromatic heterocycles. The standard InChI is InChI=1S/C20H20IO3P/c1-2-25(21,22-18-12-6-3-7-13-18,23-19-14-8-4-9-15-19)24-20-16-10-5-11-17-20/h3-17H,2H2,1H3. The van der Waals surface area contributed by atoms with Crippen molar-refractivity contribution in [1.82, 2.24) is 0 Å². The van der Waals surface area contributed by atoms with Gasteiger partial charge in [-0.05, 0) is 0 Å². The Morgan fingerprint density at radius 1 is 0.600 bits per heavy atom. The summed E-state index contributed by atoms with van der Waals surface area (Å²) in [4.78, 5) is -3.52. The molecule has 0 saturated heterocycles. The Kier molecular flexibility index (Phi) is 5.50. The molecule has 0 N–H and O–H groups in total. The van der Waals surface area contributed by atoms with Crippen LogP contribution >= 0.6 is 27.0 Å². The van der Waals surface area contributed by atoms with Crippen LogP contribution in [0.4, 0.5) is 0 Å². The van der Waals surface area contributed by atoms with Crippen LogP contribution in [0.3, 0.4) is 0 Å². The monoisotopic (exact) mass is 466 g/mol.